The van der Waals surface area contributed by atoms with Crippen LogP contribution < -0.4 is 0 Å². The zero-order valence-corrected chi connectivity index (χ0v) is 17.0. The number of carbonyl (C=O) groups excluding carboxylic acids is 1. The fourth-order valence-electron chi connectivity index (χ4n) is 3.43. The molecule has 7 heteroatoms. The van der Waals surface area contributed by atoms with E-state index in [1.54, 1.807) is 24.1 Å². The third-order valence-electron chi connectivity index (χ3n) is 5.00. The molecule has 0 radical (unpaired) electrons. The highest BCUT2D eigenvalue weighted by Crippen LogP contribution is 2.36. The Morgan fingerprint density at radius 2 is 1.93 bits per heavy atom. The van der Waals surface area contributed by atoms with Crippen molar-refractivity contribution < 1.29 is 14.6 Å². The molecule has 0 spiro atoms. The van der Waals surface area contributed by atoms with E-state index in [4.69, 9.17) is 16.3 Å². The van der Waals surface area contributed by atoms with Crippen LogP contribution in [0, 0.1) is 5.92 Å². The SMILES string of the molecule is CC(C)(C)OC(=O)N1CCC([C@@](C)(O)c2ccc3cnc(Cl)cc3n2)CC1. The molecule has 0 unspecified atom stereocenters. The van der Waals surface area contributed by atoms with E-state index in [1.807, 2.05) is 32.9 Å². The summed E-state index contributed by atoms with van der Waals surface area (Å²) in [6.07, 6.45) is 2.74. The molecule has 3 heterocycles. The lowest BCUT2D eigenvalue weighted by Crippen LogP contribution is -2.46. The Kier molecular flexibility index (Phi) is 5.32. The number of carbonyl (C=O) groups is 1. The van der Waals surface area contributed by atoms with Gasteiger partial charge in [0.1, 0.15) is 16.4 Å². The number of nitrogens with zero attached hydrogens (tertiary/aromatic N) is 3. The second-order valence-electron chi connectivity index (χ2n) is 8.29. The summed E-state index contributed by atoms with van der Waals surface area (Å²) < 4.78 is 5.44. The van der Waals surface area contributed by atoms with Crippen LogP contribution in [0.2, 0.25) is 5.15 Å². The zero-order chi connectivity index (χ0) is 19.8. The predicted octanol–water partition coefficient (Wildman–Crippen LogP) is 4.14. The highest BCUT2D eigenvalue weighted by Gasteiger charge is 2.38. The Morgan fingerprint density at radius 3 is 2.56 bits per heavy atom. The summed E-state index contributed by atoms with van der Waals surface area (Å²) in [4.78, 5) is 22.6. The molecule has 27 heavy (non-hydrogen) atoms. The molecular weight excluding hydrogens is 366 g/mol. The van der Waals surface area contributed by atoms with E-state index >= 15 is 0 Å². The van der Waals surface area contributed by atoms with Crippen LogP contribution >= 0.6 is 11.6 Å². The van der Waals surface area contributed by atoms with Gasteiger partial charge in [-0.15, -0.1) is 0 Å². The molecule has 1 amide bonds. The van der Waals surface area contributed by atoms with Crippen molar-refractivity contribution in [3.63, 3.8) is 0 Å². The van der Waals surface area contributed by atoms with Gasteiger partial charge in [-0.3, -0.25) is 0 Å². The molecule has 0 aromatic carbocycles. The summed E-state index contributed by atoms with van der Waals surface area (Å²) in [6.45, 7) is 8.47. The van der Waals surface area contributed by atoms with E-state index in [-0.39, 0.29) is 12.0 Å². The maximum atomic E-state index is 12.2. The lowest BCUT2D eigenvalue weighted by Gasteiger charge is -2.39. The molecule has 1 atom stereocenters. The van der Waals surface area contributed by atoms with Crippen LogP contribution in [0.15, 0.2) is 24.4 Å². The second kappa shape index (κ2) is 7.24. The van der Waals surface area contributed by atoms with Crippen molar-refractivity contribution in [2.75, 3.05) is 13.1 Å². The molecule has 3 rings (SSSR count). The summed E-state index contributed by atoms with van der Waals surface area (Å²) in [5, 5.41) is 12.5. The molecule has 0 aliphatic carbocycles. The van der Waals surface area contributed by atoms with Gasteiger partial charge in [0.2, 0.25) is 0 Å². The van der Waals surface area contributed by atoms with Crippen molar-refractivity contribution in [3.05, 3.63) is 35.2 Å². The molecular formula is C20H26ClN3O3. The molecule has 6 nitrogen and oxygen atoms in total. The Morgan fingerprint density at radius 1 is 1.26 bits per heavy atom. The second-order valence-corrected chi connectivity index (χ2v) is 8.67. The van der Waals surface area contributed by atoms with Gasteiger partial charge in [-0.25, -0.2) is 14.8 Å². The molecule has 1 aliphatic rings. The number of amides is 1. The van der Waals surface area contributed by atoms with Gasteiger partial charge < -0.3 is 14.7 Å². The lowest BCUT2D eigenvalue weighted by atomic mass is 9.79. The minimum Gasteiger partial charge on any atom is -0.444 e. The highest BCUT2D eigenvalue weighted by molar-refractivity contribution is 6.29. The predicted molar refractivity (Wildman–Crippen MR) is 105 cm³/mol. The number of hydrogen-bond acceptors (Lipinski definition) is 5. The number of aliphatic hydroxyl groups is 1. The van der Waals surface area contributed by atoms with Crippen molar-refractivity contribution >= 4 is 28.6 Å². The van der Waals surface area contributed by atoms with Crippen LogP contribution in [0.5, 0.6) is 0 Å². The minimum atomic E-state index is -1.09. The molecule has 2 aromatic rings. The van der Waals surface area contributed by atoms with Crippen LogP contribution in [-0.2, 0) is 10.3 Å². The number of ether oxygens (including phenoxy) is 1. The molecule has 1 aliphatic heterocycles. The van der Waals surface area contributed by atoms with Gasteiger partial charge >= 0.3 is 6.09 Å². The first-order valence-electron chi connectivity index (χ1n) is 9.19. The Hall–Kier alpha value is -1.92. The number of aromatic nitrogens is 2. The molecule has 1 saturated heterocycles. The Balaban J connectivity index is 1.72. The maximum absolute atomic E-state index is 12.2. The molecule has 1 fully saturated rings. The standard InChI is InChI=1S/C20H26ClN3O3/c1-19(2,3)27-18(25)24-9-7-14(8-10-24)20(4,26)16-6-5-13-12-22-17(21)11-15(13)23-16/h5-6,11-12,14,26H,7-10H2,1-4H3/t20-/m1/s1. The van der Waals surface area contributed by atoms with Crippen LogP contribution in [-0.4, -0.2) is 44.8 Å². The number of rotatable bonds is 2. The molecule has 2 aromatic heterocycles. The maximum Gasteiger partial charge on any atom is 0.410 e. The van der Waals surface area contributed by atoms with Gasteiger partial charge in [0.05, 0.1) is 11.2 Å². The normalized spacial score (nSPS) is 18.4. The smallest absolute Gasteiger partial charge is 0.410 e. The van der Waals surface area contributed by atoms with E-state index in [1.165, 1.54) is 0 Å². The monoisotopic (exact) mass is 391 g/mol. The van der Waals surface area contributed by atoms with Gasteiger partial charge in [-0.1, -0.05) is 11.6 Å². The quantitative estimate of drug-likeness (QED) is 0.778. The van der Waals surface area contributed by atoms with Crippen molar-refractivity contribution in [2.24, 2.45) is 5.92 Å². The van der Waals surface area contributed by atoms with E-state index in [9.17, 15) is 9.90 Å². The van der Waals surface area contributed by atoms with E-state index in [0.29, 0.717) is 42.3 Å². The van der Waals surface area contributed by atoms with Crippen molar-refractivity contribution in [1.29, 1.82) is 0 Å². The number of fused-ring (bicyclic) bond motifs is 1. The first-order valence-corrected chi connectivity index (χ1v) is 9.57. The fourth-order valence-corrected chi connectivity index (χ4v) is 3.59. The van der Waals surface area contributed by atoms with Crippen molar-refractivity contribution in [2.45, 2.75) is 51.7 Å². The summed E-state index contributed by atoms with van der Waals surface area (Å²) in [6, 6.07) is 5.42. The lowest BCUT2D eigenvalue weighted by molar-refractivity contribution is -0.0409. The molecule has 1 N–H and O–H groups in total. The minimum absolute atomic E-state index is 0.00144. The van der Waals surface area contributed by atoms with Gasteiger partial charge in [0.25, 0.3) is 0 Å². The average Bonchev–Trinajstić information content (AvgIpc) is 2.59. The Labute approximate surface area is 164 Å². The first-order chi connectivity index (χ1) is 12.6. The number of hydrogen-bond donors (Lipinski definition) is 1. The average molecular weight is 392 g/mol. The Bertz CT molecular complexity index is 840. The van der Waals surface area contributed by atoms with E-state index in [0.717, 1.165) is 5.39 Å². The summed E-state index contributed by atoms with van der Waals surface area (Å²) in [7, 11) is 0. The van der Waals surface area contributed by atoms with Gasteiger partial charge in [-0.2, -0.15) is 0 Å². The van der Waals surface area contributed by atoms with Crippen LogP contribution in [0.3, 0.4) is 0 Å². The number of halogens is 1. The molecule has 0 bridgehead atoms. The molecule has 0 saturated carbocycles. The van der Waals surface area contributed by atoms with Crippen LogP contribution in [0.1, 0.15) is 46.2 Å². The third-order valence-corrected chi connectivity index (χ3v) is 5.21. The fraction of sp³-hybridized carbons (Fsp3) is 0.550. The summed E-state index contributed by atoms with van der Waals surface area (Å²) >= 11 is 5.96. The third kappa shape index (κ3) is 4.50. The number of likely N-dealkylation sites (tertiary alicyclic amines) is 1. The molecule has 146 valence electrons. The highest BCUT2D eigenvalue weighted by atomic mass is 35.5. The van der Waals surface area contributed by atoms with Crippen molar-refractivity contribution in [3.8, 4) is 0 Å². The summed E-state index contributed by atoms with van der Waals surface area (Å²) in [5.74, 6) is -0.00144. The van der Waals surface area contributed by atoms with Gasteiger partial charge in [-0.05, 0) is 58.6 Å². The topological polar surface area (TPSA) is 75.5 Å². The van der Waals surface area contributed by atoms with E-state index in [2.05, 4.69) is 9.97 Å². The summed E-state index contributed by atoms with van der Waals surface area (Å²) in [5.41, 5.74) is -0.291. The van der Waals surface area contributed by atoms with Crippen LogP contribution in [0.25, 0.3) is 10.9 Å². The van der Waals surface area contributed by atoms with Crippen LogP contribution in [0.4, 0.5) is 4.79 Å². The number of piperidine rings is 1. The van der Waals surface area contributed by atoms with Gasteiger partial charge in [0, 0.05) is 30.7 Å². The van der Waals surface area contributed by atoms with Crippen molar-refractivity contribution in [1.82, 2.24) is 14.9 Å². The first kappa shape index (κ1) is 19.8. The zero-order valence-electron chi connectivity index (χ0n) is 16.2. The van der Waals surface area contributed by atoms with Gasteiger partial charge in [0.15, 0.2) is 0 Å². The largest absolute Gasteiger partial charge is 0.444 e. The number of pyridine rings is 2. The van der Waals surface area contributed by atoms with E-state index < -0.39 is 11.2 Å².